The van der Waals surface area contributed by atoms with Gasteiger partial charge in [-0.25, -0.2) is 4.79 Å². The molecule has 0 saturated carbocycles. The second-order valence-corrected chi connectivity index (χ2v) is 5.40. The lowest BCUT2D eigenvalue weighted by atomic mass is 9.96. The minimum Gasteiger partial charge on any atom is -0.343 e. The van der Waals surface area contributed by atoms with Crippen molar-refractivity contribution in [2.24, 2.45) is 0 Å². The van der Waals surface area contributed by atoms with Crippen molar-refractivity contribution < 1.29 is 13.8 Å². The number of nitrogens with one attached hydrogen (secondary N) is 1. The Morgan fingerprint density at radius 2 is 2.18 bits per heavy atom. The third-order valence-electron chi connectivity index (χ3n) is 3.78. The summed E-state index contributed by atoms with van der Waals surface area (Å²) in [4.78, 5) is 22.2. The van der Waals surface area contributed by atoms with Crippen molar-refractivity contribution in [3.8, 4) is 0 Å². The molecule has 0 unspecified atom stereocenters. The summed E-state index contributed by atoms with van der Waals surface area (Å²) in [6.07, 6.45) is 2.98. The van der Waals surface area contributed by atoms with E-state index in [0.29, 0.717) is 24.8 Å². The summed E-state index contributed by atoms with van der Waals surface area (Å²) in [5, 5.41) is 10.5. The van der Waals surface area contributed by atoms with Crippen LogP contribution in [0.1, 0.15) is 49.3 Å². The van der Waals surface area contributed by atoms with Crippen molar-refractivity contribution >= 4 is 6.03 Å². The van der Waals surface area contributed by atoms with Crippen LogP contribution in [0.3, 0.4) is 0 Å². The van der Waals surface area contributed by atoms with E-state index in [9.17, 15) is 4.79 Å². The van der Waals surface area contributed by atoms with Crippen LogP contribution in [0, 0.1) is 6.92 Å². The molecule has 0 bridgehead atoms. The van der Waals surface area contributed by atoms with Crippen LogP contribution in [-0.2, 0) is 0 Å². The number of likely N-dealkylation sites (tertiary alicyclic amines) is 1. The molecule has 1 aliphatic heterocycles. The van der Waals surface area contributed by atoms with Crippen LogP contribution >= 0.6 is 0 Å². The smallest absolute Gasteiger partial charge is 0.318 e. The first-order chi connectivity index (χ1) is 10.6. The molecule has 9 heteroatoms. The van der Waals surface area contributed by atoms with Gasteiger partial charge >= 0.3 is 6.03 Å². The number of carbonyl (C=O) groups excluding carboxylic acids is 1. The molecular formula is C13H18N6O3. The van der Waals surface area contributed by atoms with Gasteiger partial charge in [-0.1, -0.05) is 10.3 Å². The van der Waals surface area contributed by atoms with Crippen molar-refractivity contribution in [1.82, 2.24) is 30.5 Å². The summed E-state index contributed by atoms with van der Waals surface area (Å²) in [6, 6.07) is -0.446. The molecular weight excluding hydrogens is 288 g/mol. The molecule has 1 N–H and O–H groups in total. The maximum atomic E-state index is 12.3. The first kappa shape index (κ1) is 14.5. The van der Waals surface area contributed by atoms with Crippen LogP contribution in [0.4, 0.5) is 4.79 Å². The highest BCUT2D eigenvalue weighted by Gasteiger charge is 2.27. The third-order valence-corrected chi connectivity index (χ3v) is 3.78. The highest BCUT2D eigenvalue weighted by atomic mass is 16.5. The van der Waals surface area contributed by atoms with Crippen molar-refractivity contribution in [2.45, 2.75) is 38.6 Å². The average Bonchev–Trinajstić information content (AvgIpc) is 3.18. The molecule has 1 aliphatic rings. The molecule has 3 heterocycles. The Kier molecular flexibility index (Phi) is 4.03. The predicted molar refractivity (Wildman–Crippen MR) is 73.8 cm³/mol. The van der Waals surface area contributed by atoms with Crippen LogP contribution in [0.5, 0.6) is 0 Å². The molecule has 0 aromatic carbocycles. The van der Waals surface area contributed by atoms with Crippen LogP contribution in [-0.4, -0.2) is 44.3 Å². The Morgan fingerprint density at radius 3 is 2.77 bits per heavy atom. The zero-order valence-corrected chi connectivity index (χ0v) is 12.5. The Hall–Kier alpha value is -2.45. The fraction of sp³-hybridized carbons (Fsp3) is 0.615. The van der Waals surface area contributed by atoms with Crippen molar-refractivity contribution in [3.05, 3.63) is 23.9 Å². The summed E-state index contributed by atoms with van der Waals surface area (Å²) in [7, 11) is 0. The summed E-state index contributed by atoms with van der Waals surface area (Å²) in [5.74, 6) is 1.93. The fourth-order valence-corrected chi connectivity index (χ4v) is 2.53. The van der Waals surface area contributed by atoms with Gasteiger partial charge in [-0.2, -0.15) is 9.97 Å². The van der Waals surface area contributed by atoms with Gasteiger partial charge in [0.05, 0.1) is 0 Å². The van der Waals surface area contributed by atoms with E-state index < -0.39 is 0 Å². The molecule has 1 fully saturated rings. The monoisotopic (exact) mass is 306 g/mol. The van der Waals surface area contributed by atoms with E-state index >= 15 is 0 Å². The number of rotatable bonds is 3. The third kappa shape index (κ3) is 3.07. The lowest BCUT2D eigenvalue weighted by Gasteiger charge is -2.31. The van der Waals surface area contributed by atoms with E-state index in [4.69, 9.17) is 9.05 Å². The number of aromatic nitrogens is 4. The minimum atomic E-state index is -0.316. The highest BCUT2D eigenvalue weighted by Crippen LogP contribution is 2.25. The maximum Gasteiger partial charge on any atom is 0.318 e. The molecule has 22 heavy (non-hydrogen) atoms. The molecule has 3 rings (SSSR count). The number of aryl methyl sites for hydroxylation is 1. The molecule has 1 saturated heterocycles. The molecule has 0 aliphatic carbocycles. The second-order valence-electron chi connectivity index (χ2n) is 5.40. The Morgan fingerprint density at radius 1 is 1.41 bits per heavy atom. The van der Waals surface area contributed by atoms with E-state index in [-0.39, 0.29) is 18.0 Å². The van der Waals surface area contributed by atoms with Gasteiger partial charge in [-0.15, -0.1) is 0 Å². The fourth-order valence-electron chi connectivity index (χ4n) is 2.53. The minimum absolute atomic E-state index is 0.130. The first-order valence-electron chi connectivity index (χ1n) is 7.25. The van der Waals surface area contributed by atoms with Crippen LogP contribution in [0.15, 0.2) is 15.4 Å². The maximum absolute atomic E-state index is 12.3. The lowest BCUT2D eigenvalue weighted by molar-refractivity contribution is 0.174. The van der Waals surface area contributed by atoms with Gasteiger partial charge in [0.25, 0.3) is 0 Å². The SMILES string of the molecule is Cc1noc([C@H](C)NC(=O)N2CCC(c3ncon3)CC2)n1. The molecule has 2 aromatic heterocycles. The number of carbonyl (C=O) groups is 1. The van der Waals surface area contributed by atoms with E-state index in [0.717, 1.165) is 18.7 Å². The summed E-state index contributed by atoms with van der Waals surface area (Å²) >= 11 is 0. The van der Waals surface area contributed by atoms with Gasteiger partial charge in [0.1, 0.15) is 6.04 Å². The van der Waals surface area contributed by atoms with E-state index in [1.54, 1.807) is 11.8 Å². The number of nitrogens with zero attached hydrogens (tertiary/aromatic N) is 5. The summed E-state index contributed by atoms with van der Waals surface area (Å²) < 4.78 is 9.83. The van der Waals surface area contributed by atoms with Crippen LogP contribution < -0.4 is 5.32 Å². The number of hydrogen-bond acceptors (Lipinski definition) is 7. The van der Waals surface area contributed by atoms with Crippen LogP contribution in [0.25, 0.3) is 0 Å². The summed E-state index contributed by atoms with van der Waals surface area (Å²) in [5.41, 5.74) is 0. The van der Waals surface area contributed by atoms with Crippen molar-refractivity contribution in [2.75, 3.05) is 13.1 Å². The zero-order valence-electron chi connectivity index (χ0n) is 12.5. The number of hydrogen-bond donors (Lipinski definition) is 1. The number of amides is 2. The lowest BCUT2D eigenvalue weighted by Crippen LogP contribution is -2.45. The second kappa shape index (κ2) is 6.12. The molecule has 1 atom stereocenters. The predicted octanol–water partition coefficient (Wildman–Crippen LogP) is 1.41. The number of urea groups is 1. The Bertz CT molecular complexity index is 618. The van der Waals surface area contributed by atoms with E-state index in [1.807, 2.05) is 6.92 Å². The molecule has 9 nitrogen and oxygen atoms in total. The van der Waals surface area contributed by atoms with Crippen LogP contribution in [0.2, 0.25) is 0 Å². The molecule has 2 amide bonds. The normalized spacial score (nSPS) is 17.5. The van der Waals surface area contributed by atoms with E-state index in [2.05, 4.69) is 25.6 Å². The standard InChI is InChI=1S/C13H18N6O3/c1-8(12-16-9(2)17-22-12)15-13(20)19-5-3-10(4-6-19)11-14-7-21-18-11/h7-8,10H,3-6H2,1-2H3,(H,15,20)/t8-/m0/s1. The first-order valence-corrected chi connectivity index (χ1v) is 7.25. The van der Waals surface area contributed by atoms with Gasteiger partial charge in [-0.05, 0) is 26.7 Å². The quantitative estimate of drug-likeness (QED) is 0.912. The highest BCUT2D eigenvalue weighted by molar-refractivity contribution is 5.74. The van der Waals surface area contributed by atoms with E-state index in [1.165, 1.54) is 6.39 Å². The van der Waals surface area contributed by atoms with Crippen molar-refractivity contribution in [3.63, 3.8) is 0 Å². The average molecular weight is 306 g/mol. The number of piperidine rings is 1. The molecule has 118 valence electrons. The molecule has 2 aromatic rings. The Balaban J connectivity index is 1.51. The van der Waals surface area contributed by atoms with Crippen molar-refractivity contribution in [1.29, 1.82) is 0 Å². The van der Waals surface area contributed by atoms with Gasteiger partial charge < -0.3 is 19.3 Å². The van der Waals surface area contributed by atoms with Gasteiger partial charge in [0, 0.05) is 19.0 Å². The van der Waals surface area contributed by atoms with Gasteiger partial charge in [0.15, 0.2) is 11.6 Å². The largest absolute Gasteiger partial charge is 0.343 e. The Labute approximate surface area is 127 Å². The zero-order chi connectivity index (χ0) is 15.5. The van der Waals surface area contributed by atoms with Gasteiger partial charge in [0.2, 0.25) is 12.3 Å². The molecule has 0 radical (unpaired) electrons. The topological polar surface area (TPSA) is 110 Å². The van der Waals surface area contributed by atoms with Gasteiger partial charge in [-0.3, -0.25) is 0 Å². The summed E-state index contributed by atoms with van der Waals surface area (Å²) in [6.45, 7) is 4.86. The molecule has 0 spiro atoms.